The maximum atomic E-state index is 13.6. The van der Waals surface area contributed by atoms with Crippen molar-refractivity contribution in [3.63, 3.8) is 0 Å². The normalized spacial score (nSPS) is 11.1. The molecule has 0 radical (unpaired) electrons. The molecule has 0 aliphatic heterocycles. The van der Waals surface area contributed by atoms with Crippen LogP contribution < -0.4 is 21.9 Å². The number of nitrogens with one attached hydrogen (secondary N) is 1. The van der Waals surface area contributed by atoms with E-state index in [1.54, 1.807) is 6.92 Å². The van der Waals surface area contributed by atoms with Gasteiger partial charge in [0.25, 0.3) is 5.56 Å². The van der Waals surface area contributed by atoms with Gasteiger partial charge in [0.05, 0.1) is 19.1 Å². The number of nitrogens with zero attached hydrogens (tertiary/aromatic N) is 3. The molecule has 0 aliphatic carbocycles. The van der Waals surface area contributed by atoms with Crippen molar-refractivity contribution in [1.29, 1.82) is 0 Å². The fourth-order valence-corrected chi connectivity index (χ4v) is 4.58. The number of hydrogen-bond acceptors (Lipinski definition) is 5. The first-order valence-electron chi connectivity index (χ1n) is 12.2. The summed E-state index contributed by atoms with van der Waals surface area (Å²) in [7, 11) is 1.88. The molecule has 190 valence electrons. The Bertz CT molecular complexity index is 1410. The van der Waals surface area contributed by atoms with E-state index in [0.29, 0.717) is 0 Å². The second kappa shape index (κ2) is 11.5. The third-order valence-electron chi connectivity index (χ3n) is 6.34. The van der Waals surface area contributed by atoms with Crippen LogP contribution in [0.25, 0.3) is 0 Å². The third-order valence-corrected chi connectivity index (χ3v) is 6.34. The molecule has 1 heterocycles. The Morgan fingerprint density at radius 1 is 0.892 bits per heavy atom. The summed E-state index contributed by atoms with van der Waals surface area (Å²) in [4.78, 5) is 44.7. The van der Waals surface area contributed by atoms with Crippen LogP contribution in [-0.4, -0.2) is 40.5 Å². The molecule has 1 amide bonds. The van der Waals surface area contributed by atoms with Crippen molar-refractivity contribution in [3.05, 3.63) is 129 Å². The zero-order valence-corrected chi connectivity index (χ0v) is 21.0. The van der Waals surface area contributed by atoms with Gasteiger partial charge in [0.1, 0.15) is 5.82 Å². The van der Waals surface area contributed by atoms with E-state index in [0.717, 1.165) is 16.7 Å². The van der Waals surface area contributed by atoms with E-state index in [9.17, 15) is 14.4 Å². The van der Waals surface area contributed by atoms with E-state index >= 15 is 0 Å². The largest absolute Gasteiger partial charge is 0.383 e. The van der Waals surface area contributed by atoms with Crippen molar-refractivity contribution in [1.82, 2.24) is 14.5 Å². The molecule has 0 aliphatic rings. The molecular formula is C29H31N5O3. The maximum Gasteiger partial charge on any atom is 0.330 e. The van der Waals surface area contributed by atoms with E-state index < -0.39 is 11.2 Å². The lowest BCUT2D eigenvalue weighted by molar-refractivity contribution is -0.119. The smallest absolute Gasteiger partial charge is 0.330 e. The summed E-state index contributed by atoms with van der Waals surface area (Å²) in [5.74, 6) is -0.345. The number of nitrogens with two attached hydrogens (primary N) is 1. The van der Waals surface area contributed by atoms with Crippen LogP contribution in [0.4, 0.5) is 11.5 Å². The van der Waals surface area contributed by atoms with Gasteiger partial charge in [0.2, 0.25) is 5.91 Å². The molecule has 0 fully saturated rings. The van der Waals surface area contributed by atoms with Crippen LogP contribution in [0.5, 0.6) is 0 Å². The van der Waals surface area contributed by atoms with Crippen molar-refractivity contribution in [2.75, 3.05) is 30.8 Å². The zero-order valence-electron chi connectivity index (χ0n) is 21.0. The number of rotatable bonds is 9. The monoisotopic (exact) mass is 497 g/mol. The fraction of sp³-hybridized carbons (Fsp3) is 0.207. The number of likely N-dealkylation sites (N-methyl/N-ethyl adjacent to an activating group) is 2. The zero-order chi connectivity index (χ0) is 26.4. The lowest BCUT2D eigenvalue weighted by atomic mass is 9.97. The summed E-state index contributed by atoms with van der Waals surface area (Å²) in [6.45, 7) is 2.18. The second-order valence-electron chi connectivity index (χ2n) is 8.84. The first kappa shape index (κ1) is 25.7. The van der Waals surface area contributed by atoms with Crippen molar-refractivity contribution in [2.45, 2.75) is 19.5 Å². The number of aromatic amines is 1. The lowest BCUT2D eigenvalue weighted by Gasteiger charge is -2.31. The Hall–Kier alpha value is -4.43. The number of carbonyl (C=O) groups excluding carboxylic acids is 1. The molecule has 37 heavy (non-hydrogen) atoms. The summed E-state index contributed by atoms with van der Waals surface area (Å²) in [6.07, 6.45) is 0. The Kier molecular flexibility index (Phi) is 8.00. The van der Waals surface area contributed by atoms with Gasteiger partial charge >= 0.3 is 5.69 Å². The SMILES string of the molecule is CCN(C(=O)CN(C)C(c1ccccc1)c1ccccc1)c1c(N)n(Cc2ccccc2)c(=O)[nH]c1=O. The molecule has 0 unspecified atom stereocenters. The third kappa shape index (κ3) is 5.70. The van der Waals surface area contributed by atoms with Crippen molar-refractivity contribution in [3.8, 4) is 0 Å². The topological polar surface area (TPSA) is 104 Å². The van der Waals surface area contributed by atoms with Gasteiger partial charge in [-0.3, -0.25) is 24.0 Å². The second-order valence-corrected chi connectivity index (χ2v) is 8.84. The summed E-state index contributed by atoms with van der Waals surface area (Å²) in [5.41, 5.74) is 7.95. The molecule has 3 N–H and O–H groups in total. The molecule has 0 bridgehead atoms. The average Bonchev–Trinajstić information content (AvgIpc) is 2.91. The number of amides is 1. The van der Waals surface area contributed by atoms with Crippen LogP contribution in [0.2, 0.25) is 0 Å². The maximum absolute atomic E-state index is 13.6. The lowest BCUT2D eigenvalue weighted by Crippen LogP contribution is -2.45. The summed E-state index contributed by atoms with van der Waals surface area (Å²) >= 11 is 0. The van der Waals surface area contributed by atoms with Gasteiger partial charge in [0, 0.05) is 6.54 Å². The molecule has 0 saturated heterocycles. The highest BCUT2D eigenvalue weighted by Crippen LogP contribution is 2.28. The van der Waals surface area contributed by atoms with Gasteiger partial charge in [-0.2, -0.15) is 0 Å². The van der Waals surface area contributed by atoms with Gasteiger partial charge < -0.3 is 10.6 Å². The molecule has 4 rings (SSSR count). The fourth-order valence-electron chi connectivity index (χ4n) is 4.58. The number of benzene rings is 3. The van der Waals surface area contributed by atoms with E-state index in [-0.39, 0.29) is 43.1 Å². The molecule has 8 heteroatoms. The van der Waals surface area contributed by atoms with Crippen LogP contribution in [0.1, 0.15) is 29.7 Å². The van der Waals surface area contributed by atoms with Gasteiger partial charge in [0.15, 0.2) is 5.69 Å². The van der Waals surface area contributed by atoms with Crippen LogP contribution in [-0.2, 0) is 11.3 Å². The summed E-state index contributed by atoms with van der Waals surface area (Å²) in [5, 5.41) is 0. The molecule has 0 saturated carbocycles. The van der Waals surface area contributed by atoms with Gasteiger partial charge in [-0.25, -0.2) is 4.79 Å². The predicted molar refractivity (Wildman–Crippen MR) is 147 cm³/mol. The van der Waals surface area contributed by atoms with Crippen molar-refractivity contribution in [2.24, 2.45) is 0 Å². The van der Waals surface area contributed by atoms with Gasteiger partial charge in [-0.15, -0.1) is 0 Å². The average molecular weight is 498 g/mol. The van der Waals surface area contributed by atoms with E-state index in [1.807, 2.05) is 103 Å². The first-order valence-corrected chi connectivity index (χ1v) is 12.2. The van der Waals surface area contributed by atoms with E-state index in [2.05, 4.69) is 4.98 Å². The minimum Gasteiger partial charge on any atom is -0.383 e. The first-order chi connectivity index (χ1) is 17.9. The molecule has 8 nitrogen and oxygen atoms in total. The van der Waals surface area contributed by atoms with Crippen LogP contribution in [0, 0.1) is 0 Å². The Balaban J connectivity index is 1.66. The molecule has 1 aromatic heterocycles. The van der Waals surface area contributed by atoms with Crippen molar-refractivity contribution < 1.29 is 4.79 Å². The highest BCUT2D eigenvalue weighted by molar-refractivity contribution is 5.96. The summed E-state index contributed by atoms with van der Waals surface area (Å²) < 4.78 is 1.28. The van der Waals surface area contributed by atoms with E-state index in [1.165, 1.54) is 9.47 Å². The van der Waals surface area contributed by atoms with Crippen LogP contribution in [0.3, 0.4) is 0 Å². The quantitative estimate of drug-likeness (QED) is 0.369. The molecular weight excluding hydrogens is 466 g/mol. The highest BCUT2D eigenvalue weighted by Gasteiger charge is 2.27. The number of aromatic nitrogens is 2. The standard InChI is InChI=1S/C29H31N5O3/c1-3-33(26-27(30)34(29(37)31-28(26)36)19-21-13-7-4-8-14-21)24(35)20-32(2)25(22-15-9-5-10-16-22)23-17-11-6-12-18-23/h4-18,25H,3,19-20,30H2,1-2H3,(H,31,36,37). The van der Waals surface area contributed by atoms with Crippen LogP contribution in [0.15, 0.2) is 101 Å². The Labute approximate surface area is 215 Å². The Morgan fingerprint density at radius 3 is 1.92 bits per heavy atom. The number of hydrogen-bond donors (Lipinski definition) is 2. The van der Waals surface area contributed by atoms with Gasteiger partial charge in [-0.1, -0.05) is 91.0 Å². The molecule has 0 atom stereocenters. The number of nitrogen functional groups attached to an aromatic ring is 1. The number of anilines is 2. The van der Waals surface area contributed by atoms with E-state index in [4.69, 9.17) is 5.73 Å². The minimum absolute atomic E-state index is 0.0209. The Morgan fingerprint density at radius 2 is 1.41 bits per heavy atom. The molecule has 3 aromatic carbocycles. The van der Waals surface area contributed by atoms with Crippen molar-refractivity contribution >= 4 is 17.4 Å². The number of carbonyl (C=O) groups is 1. The molecule has 4 aromatic rings. The van der Waals surface area contributed by atoms with Crippen LogP contribution >= 0.6 is 0 Å². The molecule has 0 spiro atoms. The number of H-pyrrole nitrogens is 1. The highest BCUT2D eigenvalue weighted by atomic mass is 16.2. The minimum atomic E-state index is -0.688. The predicted octanol–water partition coefficient (Wildman–Crippen LogP) is 3.24. The van der Waals surface area contributed by atoms with Gasteiger partial charge in [-0.05, 0) is 30.7 Å². The summed E-state index contributed by atoms with van der Waals surface area (Å²) in [6, 6.07) is 29.0.